The summed E-state index contributed by atoms with van der Waals surface area (Å²) in [5, 5.41) is 3.36. The highest BCUT2D eigenvalue weighted by atomic mass is 16.5. The molecule has 1 atom stereocenters. The smallest absolute Gasteiger partial charge is 0.338 e. The fourth-order valence-corrected chi connectivity index (χ4v) is 2.17. The number of nitrogens with two attached hydrogens (primary N) is 1. The van der Waals surface area contributed by atoms with Gasteiger partial charge >= 0.3 is 5.97 Å². The Hall–Kier alpha value is -1.55. The first-order chi connectivity index (χ1) is 10.2. The number of ether oxygens (including phenoxy) is 1. The zero-order valence-corrected chi connectivity index (χ0v) is 13.2. The Labute approximate surface area is 128 Å². The largest absolute Gasteiger partial charge is 0.461 e. The van der Waals surface area contributed by atoms with Crippen molar-refractivity contribution in [3.63, 3.8) is 0 Å². The number of hydrogen-bond acceptors (Lipinski definition) is 4. The molecular formula is C17H28N2O2. The van der Waals surface area contributed by atoms with E-state index in [0.29, 0.717) is 24.4 Å². The van der Waals surface area contributed by atoms with Crippen molar-refractivity contribution in [2.45, 2.75) is 39.5 Å². The molecule has 0 amide bonds. The van der Waals surface area contributed by atoms with Crippen LogP contribution in [0.3, 0.4) is 0 Å². The number of nitrogens with one attached hydrogen (secondary N) is 1. The molecular weight excluding hydrogens is 264 g/mol. The van der Waals surface area contributed by atoms with E-state index in [1.807, 2.05) is 0 Å². The van der Waals surface area contributed by atoms with Crippen LogP contribution in [0.25, 0.3) is 0 Å². The second-order valence-electron chi connectivity index (χ2n) is 5.38. The normalized spacial score (nSPS) is 12.1. The molecule has 0 spiro atoms. The Balaban J connectivity index is 2.15. The van der Waals surface area contributed by atoms with Crippen LogP contribution in [0, 0.1) is 5.92 Å². The van der Waals surface area contributed by atoms with Gasteiger partial charge in [-0.3, -0.25) is 0 Å². The minimum absolute atomic E-state index is 0.296. The molecule has 0 fully saturated rings. The lowest BCUT2D eigenvalue weighted by Gasteiger charge is -2.15. The number of nitrogen functional groups attached to an aromatic ring is 1. The zero-order valence-electron chi connectivity index (χ0n) is 13.2. The fraction of sp³-hybridized carbons (Fsp3) is 0.588. The van der Waals surface area contributed by atoms with E-state index in [9.17, 15) is 4.79 Å². The summed E-state index contributed by atoms with van der Waals surface area (Å²) in [4.78, 5) is 11.8. The number of carbonyl (C=O) groups is 1. The number of hydrogen-bond donors (Lipinski definition) is 2. The molecule has 118 valence electrons. The summed E-state index contributed by atoms with van der Waals surface area (Å²) in [6.07, 6.45) is 4.99. The van der Waals surface area contributed by atoms with Crippen molar-refractivity contribution < 1.29 is 9.53 Å². The molecule has 0 unspecified atom stereocenters. The van der Waals surface area contributed by atoms with Crippen molar-refractivity contribution in [2.75, 3.05) is 25.4 Å². The molecule has 0 heterocycles. The fourth-order valence-electron chi connectivity index (χ4n) is 2.17. The Bertz CT molecular complexity index is 404. The molecule has 0 aliphatic heterocycles. The third-order valence-electron chi connectivity index (χ3n) is 3.63. The van der Waals surface area contributed by atoms with Gasteiger partial charge in [0.15, 0.2) is 0 Å². The highest BCUT2D eigenvalue weighted by molar-refractivity contribution is 5.89. The predicted molar refractivity (Wildman–Crippen MR) is 87.3 cm³/mol. The number of esters is 1. The molecule has 0 radical (unpaired) electrons. The average Bonchev–Trinajstić information content (AvgIpc) is 2.50. The Kier molecular flexibility index (Phi) is 8.51. The van der Waals surface area contributed by atoms with E-state index in [2.05, 4.69) is 19.2 Å². The summed E-state index contributed by atoms with van der Waals surface area (Å²) in [6, 6.07) is 6.77. The van der Waals surface area contributed by atoms with Gasteiger partial charge in [0.05, 0.1) is 5.56 Å². The lowest BCUT2D eigenvalue weighted by atomic mass is 9.99. The van der Waals surface area contributed by atoms with Gasteiger partial charge in [-0.2, -0.15) is 0 Å². The van der Waals surface area contributed by atoms with Gasteiger partial charge in [0.25, 0.3) is 0 Å². The molecule has 0 bridgehead atoms. The lowest BCUT2D eigenvalue weighted by Crippen LogP contribution is -2.27. The summed E-state index contributed by atoms with van der Waals surface area (Å²) in [6.45, 7) is 6.53. The molecule has 0 aliphatic rings. The minimum atomic E-state index is -0.296. The molecule has 3 N–H and O–H groups in total. The SMILES string of the molecule is CCCC[C@H](CC)CNCCOC(=O)c1ccc(N)cc1. The van der Waals surface area contributed by atoms with Gasteiger partial charge in [0, 0.05) is 12.2 Å². The lowest BCUT2D eigenvalue weighted by molar-refractivity contribution is 0.0507. The highest BCUT2D eigenvalue weighted by Crippen LogP contribution is 2.11. The third-order valence-corrected chi connectivity index (χ3v) is 3.63. The first-order valence-electron chi connectivity index (χ1n) is 7.90. The number of anilines is 1. The predicted octanol–water partition coefficient (Wildman–Crippen LogP) is 3.23. The van der Waals surface area contributed by atoms with Crippen LogP contribution in [0.15, 0.2) is 24.3 Å². The molecule has 21 heavy (non-hydrogen) atoms. The molecule has 0 saturated carbocycles. The number of carbonyl (C=O) groups excluding carboxylic acids is 1. The van der Waals surface area contributed by atoms with Gasteiger partial charge in [-0.25, -0.2) is 4.79 Å². The standard InChI is InChI=1S/C17H28N2O2/c1-3-5-6-14(4-2)13-19-11-12-21-17(20)15-7-9-16(18)10-8-15/h7-10,14,19H,3-6,11-13,18H2,1-2H3/t14-/m0/s1. The van der Waals surface area contributed by atoms with Crippen LogP contribution in [-0.4, -0.2) is 25.7 Å². The van der Waals surface area contributed by atoms with Crippen molar-refractivity contribution in [3.05, 3.63) is 29.8 Å². The first kappa shape index (κ1) is 17.5. The first-order valence-corrected chi connectivity index (χ1v) is 7.90. The van der Waals surface area contributed by atoms with Crippen LogP contribution in [0.1, 0.15) is 49.9 Å². The van der Waals surface area contributed by atoms with Crippen molar-refractivity contribution >= 4 is 11.7 Å². The van der Waals surface area contributed by atoms with Crippen LogP contribution in [-0.2, 0) is 4.74 Å². The molecule has 1 aromatic carbocycles. The maximum absolute atomic E-state index is 11.8. The second-order valence-corrected chi connectivity index (χ2v) is 5.38. The number of benzene rings is 1. The van der Waals surface area contributed by atoms with E-state index in [4.69, 9.17) is 10.5 Å². The third kappa shape index (κ3) is 7.14. The molecule has 4 heteroatoms. The summed E-state index contributed by atoms with van der Waals surface area (Å²) < 4.78 is 5.22. The van der Waals surface area contributed by atoms with E-state index >= 15 is 0 Å². The Morgan fingerprint density at radius 3 is 2.62 bits per heavy atom. The molecule has 1 rings (SSSR count). The molecule has 0 saturated heterocycles. The average molecular weight is 292 g/mol. The van der Waals surface area contributed by atoms with Crippen LogP contribution < -0.4 is 11.1 Å². The summed E-state index contributed by atoms with van der Waals surface area (Å²) in [5.74, 6) is 0.424. The maximum atomic E-state index is 11.8. The number of unbranched alkanes of at least 4 members (excludes halogenated alkanes) is 1. The topological polar surface area (TPSA) is 64.3 Å². The van der Waals surface area contributed by atoms with Crippen molar-refractivity contribution in [1.29, 1.82) is 0 Å². The van der Waals surface area contributed by atoms with Crippen molar-refractivity contribution in [1.82, 2.24) is 5.32 Å². The van der Waals surface area contributed by atoms with Gasteiger partial charge < -0.3 is 15.8 Å². The second kappa shape index (κ2) is 10.2. The van der Waals surface area contributed by atoms with E-state index in [1.165, 1.54) is 25.7 Å². The Morgan fingerprint density at radius 2 is 2.00 bits per heavy atom. The molecule has 0 aliphatic carbocycles. The van der Waals surface area contributed by atoms with Crippen LogP contribution in [0.4, 0.5) is 5.69 Å². The van der Waals surface area contributed by atoms with Crippen molar-refractivity contribution in [2.24, 2.45) is 5.92 Å². The van der Waals surface area contributed by atoms with Gasteiger partial charge in [0.1, 0.15) is 6.61 Å². The maximum Gasteiger partial charge on any atom is 0.338 e. The molecule has 1 aromatic rings. The molecule has 4 nitrogen and oxygen atoms in total. The highest BCUT2D eigenvalue weighted by Gasteiger charge is 2.07. The van der Waals surface area contributed by atoms with E-state index in [-0.39, 0.29) is 5.97 Å². The minimum Gasteiger partial charge on any atom is -0.461 e. The summed E-state index contributed by atoms with van der Waals surface area (Å²) in [5.41, 5.74) is 6.77. The number of rotatable bonds is 10. The monoisotopic (exact) mass is 292 g/mol. The zero-order chi connectivity index (χ0) is 15.5. The van der Waals surface area contributed by atoms with Gasteiger partial charge in [-0.05, 0) is 43.1 Å². The van der Waals surface area contributed by atoms with E-state index in [1.54, 1.807) is 24.3 Å². The van der Waals surface area contributed by atoms with Gasteiger partial charge in [0.2, 0.25) is 0 Å². The Morgan fingerprint density at radius 1 is 1.29 bits per heavy atom. The summed E-state index contributed by atoms with van der Waals surface area (Å²) >= 11 is 0. The van der Waals surface area contributed by atoms with E-state index in [0.717, 1.165) is 12.5 Å². The van der Waals surface area contributed by atoms with E-state index < -0.39 is 0 Å². The van der Waals surface area contributed by atoms with Crippen molar-refractivity contribution in [3.8, 4) is 0 Å². The van der Waals surface area contributed by atoms with Crippen LogP contribution in [0.5, 0.6) is 0 Å². The van der Waals surface area contributed by atoms with Gasteiger partial charge in [-0.1, -0.05) is 33.1 Å². The summed E-state index contributed by atoms with van der Waals surface area (Å²) in [7, 11) is 0. The van der Waals surface area contributed by atoms with Crippen LogP contribution in [0.2, 0.25) is 0 Å². The molecule has 0 aromatic heterocycles. The van der Waals surface area contributed by atoms with Crippen LogP contribution >= 0.6 is 0 Å². The quantitative estimate of drug-likeness (QED) is 0.395. The van der Waals surface area contributed by atoms with Gasteiger partial charge in [-0.15, -0.1) is 0 Å².